The molecule has 19 heavy (non-hydrogen) atoms. The topological polar surface area (TPSA) is 38.1 Å². The van der Waals surface area contributed by atoms with Crippen molar-refractivity contribution in [1.29, 1.82) is 0 Å². The van der Waals surface area contributed by atoms with Crippen LogP contribution in [-0.4, -0.2) is 18.1 Å². The van der Waals surface area contributed by atoms with Gasteiger partial charge in [-0.15, -0.1) is 0 Å². The molecule has 2 aromatic rings. The highest BCUT2D eigenvalue weighted by Gasteiger charge is 2.07. The summed E-state index contributed by atoms with van der Waals surface area (Å²) in [5, 5.41) is 3.27. The number of rotatable bonds is 6. The third-order valence-electron chi connectivity index (χ3n) is 3.18. The highest BCUT2D eigenvalue weighted by molar-refractivity contribution is 5.56. The van der Waals surface area contributed by atoms with E-state index in [-0.39, 0.29) is 0 Å². The van der Waals surface area contributed by atoms with Crippen LogP contribution in [0.3, 0.4) is 0 Å². The van der Waals surface area contributed by atoms with E-state index >= 15 is 0 Å². The maximum absolute atomic E-state index is 5.77. The van der Waals surface area contributed by atoms with Crippen LogP contribution in [0.4, 0.5) is 0 Å². The second-order valence-electron chi connectivity index (χ2n) is 5.00. The molecule has 102 valence electrons. The number of nitrogens with one attached hydrogen (secondary N) is 1. The second kappa shape index (κ2) is 6.53. The van der Waals surface area contributed by atoms with Gasteiger partial charge in [-0.05, 0) is 18.0 Å². The van der Waals surface area contributed by atoms with Gasteiger partial charge in [-0.1, -0.05) is 45.0 Å². The molecule has 0 atom stereocenters. The fourth-order valence-corrected chi connectivity index (χ4v) is 1.96. The van der Waals surface area contributed by atoms with E-state index in [2.05, 4.69) is 55.3 Å². The minimum atomic E-state index is 0.555. The van der Waals surface area contributed by atoms with Crippen LogP contribution in [0.2, 0.25) is 0 Å². The van der Waals surface area contributed by atoms with Crippen LogP contribution in [0.5, 0.6) is 0 Å². The summed E-state index contributed by atoms with van der Waals surface area (Å²) in [5.41, 5.74) is 2.43. The predicted molar refractivity (Wildman–Crippen MR) is 78.3 cm³/mol. The van der Waals surface area contributed by atoms with Gasteiger partial charge in [0.2, 0.25) is 0 Å². The maximum atomic E-state index is 5.77. The molecule has 0 unspecified atom stereocenters. The molecule has 0 saturated carbocycles. The van der Waals surface area contributed by atoms with Gasteiger partial charge in [-0.25, -0.2) is 4.98 Å². The molecular formula is C16H22N2O. The van der Waals surface area contributed by atoms with E-state index in [1.165, 1.54) is 5.56 Å². The summed E-state index contributed by atoms with van der Waals surface area (Å²) < 4.78 is 5.77. The zero-order valence-corrected chi connectivity index (χ0v) is 11.9. The molecule has 3 heteroatoms. The van der Waals surface area contributed by atoms with Gasteiger partial charge in [0, 0.05) is 18.5 Å². The van der Waals surface area contributed by atoms with Crippen molar-refractivity contribution >= 4 is 0 Å². The van der Waals surface area contributed by atoms with Gasteiger partial charge >= 0.3 is 0 Å². The summed E-state index contributed by atoms with van der Waals surface area (Å²) in [6, 6.07) is 8.51. The Morgan fingerprint density at radius 1 is 1.21 bits per heavy atom. The van der Waals surface area contributed by atoms with Gasteiger partial charge < -0.3 is 9.73 Å². The summed E-state index contributed by atoms with van der Waals surface area (Å²) in [4.78, 5) is 4.32. The van der Waals surface area contributed by atoms with Crippen LogP contribution in [0.15, 0.2) is 34.9 Å². The van der Waals surface area contributed by atoms with Gasteiger partial charge in [0.15, 0.2) is 11.7 Å². The van der Waals surface area contributed by atoms with Crippen molar-refractivity contribution in [3.8, 4) is 11.3 Å². The molecule has 0 aliphatic carbocycles. The Balaban J connectivity index is 2.05. The molecular weight excluding hydrogens is 236 g/mol. The van der Waals surface area contributed by atoms with Crippen LogP contribution in [0.1, 0.15) is 38.1 Å². The fourth-order valence-electron chi connectivity index (χ4n) is 1.96. The Labute approximate surface area is 115 Å². The van der Waals surface area contributed by atoms with Crippen molar-refractivity contribution in [2.45, 2.75) is 33.1 Å². The average Bonchev–Trinajstić information content (AvgIpc) is 2.88. The zero-order chi connectivity index (χ0) is 13.7. The van der Waals surface area contributed by atoms with Crippen molar-refractivity contribution in [2.75, 3.05) is 13.1 Å². The van der Waals surface area contributed by atoms with Crippen molar-refractivity contribution in [3.05, 3.63) is 41.9 Å². The normalized spacial score (nSPS) is 11.2. The molecule has 0 radical (unpaired) electrons. The molecule has 0 fully saturated rings. The molecule has 2 rings (SSSR count). The van der Waals surface area contributed by atoms with Gasteiger partial charge in [-0.3, -0.25) is 0 Å². The second-order valence-corrected chi connectivity index (χ2v) is 5.00. The van der Waals surface area contributed by atoms with Crippen molar-refractivity contribution in [2.24, 2.45) is 0 Å². The van der Waals surface area contributed by atoms with Crippen LogP contribution in [-0.2, 0) is 6.42 Å². The Morgan fingerprint density at radius 3 is 2.58 bits per heavy atom. The molecule has 0 spiro atoms. The lowest BCUT2D eigenvalue weighted by molar-refractivity contribution is 0.497. The van der Waals surface area contributed by atoms with E-state index in [4.69, 9.17) is 4.42 Å². The summed E-state index contributed by atoms with van der Waals surface area (Å²) in [6.45, 7) is 8.37. The van der Waals surface area contributed by atoms with E-state index in [0.29, 0.717) is 5.92 Å². The lowest BCUT2D eigenvalue weighted by atomic mass is 10.0. The third kappa shape index (κ3) is 3.67. The van der Waals surface area contributed by atoms with E-state index in [1.54, 1.807) is 0 Å². The van der Waals surface area contributed by atoms with Gasteiger partial charge in [-0.2, -0.15) is 0 Å². The number of oxazole rings is 1. The minimum absolute atomic E-state index is 0.555. The third-order valence-corrected chi connectivity index (χ3v) is 3.18. The molecule has 0 saturated heterocycles. The van der Waals surface area contributed by atoms with E-state index in [0.717, 1.165) is 36.7 Å². The molecule has 0 amide bonds. The van der Waals surface area contributed by atoms with E-state index in [9.17, 15) is 0 Å². The Hall–Kier alpha value is -1.61. The van der Waals surface area contributed by atoms with Gasteiger partial charge in [0.25, 0.3) is 0 Å². The predicted octanol–water partition coefficient (Wildman–Crippen LogP) is 3.62. The van der Waals surface area contributed by atoms with Gasteiger partial charge in [0.05, 0.1) is 6.20 Å². The molecule has 1 aromatic heterocycles. The number of nitrogens with zero attached hydrogens (tertiary/aromatic N) is 1. The van der Waals surface area contributed by atoms with Crippen molar-refractivity contribution in [3.63, 3.8) is 0 Å². The lowest BCUT2D eigenvalue weighted by Crippen LogP contribution is -2.16. The summed E-state index contributed by atoms with van der Waals surface area (Å²) in [7, 11) is 0. The minimum Gasteiger partial charge on any atom is -0.441 e. The lowest BCUT2D eigenvalue weighted by Gasteiger charge is -2.05. The number of benzene rings is 1. The monoisotopic (exact) mass is 258 g/mol. The Morgan fingerprint density at radius 2 is 1.95 bits per heavy atom. The first-order chi connectivity index (χ1) is 9.20. The zero-order valence-electron chi connectivity index (χ0n) is 11.9. The molecule has 0 bridgehead atoms. The molecule has 1 N–H and O–H groups in total. The summed E-state index contributed by atoms with van der Waals surface area (Å²) >= 11 is 0. The highest BCUT2D eigenvalue weighted by Crippen LogP contribution is 2.23. The number of aromatic nitrogens is 1. The maximum Gasteiger partial charge on any atom is 0.196 e. The standard InChI is InChI=1S/C16H22N2O/c1-4-17-10-9-16-18-11-15(19-16)14-7-5-13(6-8-14)12(2)3/h5-8,11-12,17H,4,9-10H2,1-3H3. The van der Waals surface area contributed by atoms with E-state index < -0.39 is 0 Å². The largest absolute Gasteiger partial charge is 0.441 e. The van der Waals surface area contributed by atoms with Crippen molar-refractivity contribution in [1.82, 2.24) is 10.3 Å². The average molecular weight is 258 g/mol. The first-order valence-corrected chi connectivity index (χ1v) is 6.96. The Kier molecular flexibility index (Phi) is 4.74. The number of hydrogen-bond acceptors (Lipinski definition) is 3. The SMILES string of the molecule is CCNCCc1ncc(-c2ccc(C(C)C)cc2)o1. The molecule has 1 heterocycles. The molecule has 0 aliphatic rings. The molecule has 1 aromatic carbocycles. The highest BCUT2D eigenvalue weighted by atomic mass is 16.4. The summed E-state index contributed by atoms with van der Waals surface area (Å²) in [5.74, 6) is 2.20. The van der Waals surface area contributed by atoms with Gasteiger partial charge in [0.1, 0.15) is 0 Å². The molecule has 3 nitrogen and oxygen atoms in total. The smallest absolute Gasteiger partial charge is 0.196 e. The van der Waals surface area contributed by atoms with Crippen molar-refractivity contribution < 1.29 is 4.42 Å². The molecule has 0 aliphatic heterocycles. The fraction of sp³-hybridized carbons (Fsp3) is 0.438. The van der Waals surface area contributed by atoms with Crippen LogP contribution in [0.25, 0.3) is 11.3 Å². The first kappa shape index (κ1) is 13.8. The number of likely N-dealkylation sites (N-methyl/N-ethyl adjacent to an activating group) is 1. The van der Waals surface area contributed by atoms with Crippen LogP contribution < -0.4 is 5.32 Å². The first-order valence-electron chi connectivity index (χ1n) is 6.96. The van der Waals surface area contributed by atoms with E-state index in [1.807, 2.05) is 6.20 Å². The van der Waals surface area contributed by atoms with Crippen LogP contribution >= 0.6 is 0 Å². The Bertz CT molecular complexity index is 500. The van der Waals surface area contributed by atoms with Crippen LogP contribution in [0, 0.1) is 0 Å². The quantitative estimate of drug-likeness (QED) is 0.804. The number of hydrogen-bond donors (Lipinski definition) is 1. The summed E-state index contributed by atoms with van der Waals surface area (Å²) in [6.07, 6.45) is 2.64.